The summed E-state index contributed by atoms with van der Waals surface area (Å²) in [6.45, 7) is 6.62. The Morgan fingerprint density at radius 2 is 1.93 bits per heavy atom. The van der Waals surface area contributed by atoms with Crippen molar-refractivity contribution in [2.24, 2.45) is 5.73 Å². The molecule has 0 amide bonds. The number of hydrogen-bond donors (Lipinski definition) is 1. The number of nitrogens with two attached hydrogens (primary N) is 1. The lowest BCUT2D eigenvalue weighted by Crippen LogP contribution is -2.05. The average molecular weight is 205 g/mol. The Labute approximate surface area is 88.3 Å². The molecule has 0 spiro atoms. The Hall–Kier alpha value is -1.49. The van der Waals surface area contributed by atoms with Gasteiger partial charge in [-0.3, -0.25) is 0 Å². The molecule has 0 saturated heterocycles. The monoisotopic (exact) mass is 205 g/mol. The van der Waals surface area contributed by atoms with Gasteiger partial charge in [-0.25, -0.2) is 9.50 Å². The van der Waals surface area contributed by atoms with Crippen LogP contribution in [0.15, 0.2) is 0 Å². The van der Waals surface area contributed by atoms with Gasteiger partial charge in [-0.15, -0.1) is 5.10 Å². The summed E-state index contributed by atoms with van der Waals surface area (Å²) in [5.41, 5.74) is 8.73. The summed E-state index contributed by atoms with van der Waals surface area (Å²) >= 11 is 0. The first kappa shape index (κ1) is 10.0. The Balaban J connectivity index is 2.65. The molecule has 0 atom stereocenters. The SMILES string of the molecule is Cc1nc2nc(CCN)nn2c(C)c1C. The second kappa shape index (κ2) is 3.58. The van der Waals surface area contributed by atoms with Gasteiger partial charge in [0.25, 0.3) is 5.78 Å². The van der Waals surface area contributed by atoms with Gasteiger partial charge < -0.3 is 5.73 Å². The average Bonchev–Trinajstić information content (AvgIpc) is 2.58. The quantitative estimate of drug-likeness (QED) is 0.777. The van der Waals surface area contributed by atoms with Gasteiger partial charge in [0.05, 0.1) is 0 Å². The molecule has 2 aromatic heterocycles. The molecule has 5 heteroatoms. The van der Waals surface area contributed by atoms with Crippen molar-refractivity contribution >= 4 is 5.78 Å². The van der Waals surface area contributed by atoms with Crippen LogP contribution < -0.4 is 5.73 Å². The topological polar surface area (TPSA) is 69.1 Å². The maximum Gasteiger partial charge on any atom is 0.252 e. The highest BCUT2D eigenvalue weighted by Gasteiger charge is 2.09. The van der Waals surface area contributed by atoms with Crippen LogP contribution in [0.3, 0.4) is 0 Å². The standard InChI is InChI=1S/C10H15N5/c1-6-7(2)12-10-13-9(4-5-11)14-15(10)8(6)3/h4-5,11H2,1-3H3. The third-order valence-electron chi connectivity index (χ3n) is 2.67. The van der Waals surface area contributed by atoms with E-state index >= 15 is 0 Å². The van der Waals surface area contributed by atoms with Crippen LogP contribution in [0.1, 0.15) is 22.8 Å². The van der Waals surface area contributed by atoms with Gasteiger partial charge >= 0.3 is 0 Å². The summed E-state index contributed by atoms with van der Waals surface area (Å²) in [7, 11) is 0. The predicted molar refractivity (Wildman–Crippen MR) is 57.8 cm³/mol. The first-order chi connectivity index (χ1) is 7.13. The number of fused-ring (bicyclic) bond motifs is 1. The second-order valence-corrected chi connectivity index (χ2v) is 3.69. The zero-order valence-electron chi connectivity index (χ0n) is 9.28. The maximum absolute atomic E-state index is 5.47. The van der Waals surface area contributed by atoms with E-state index in [-0.39, 0.29) is 0 Å². The highest BCUT2D eigenvalue weighted by Crippen LogP contribution is 2.11. The van der Waals surface area contributed by atoms with Crippen molar-refractivity contribution in [3.63, 3.8) is 0 Å². The van der Waals surface area contributed by atoms with Crippen LogP contribution in [0, 0.1) is 20.8 Å². The Bertz CT molecular complexity index is 500. The third-order valence-corrected chi connectivity index (χ3v) is 2.67. The van der Waals surface area contributed by atoms with Crippen molar-refractivity contribution in [2.75, 3.05) is 6.54 Å². The molecule has 0 aliphatic carbocycles. The molecule has 2 aromatic rings. The molecule has 2 N–H and O–H groups in total. The highest BCUT2D eigenvalue weighted by atomic mass is 15.3. The van der Waals surface area contributed by atoms with Crippen molar-refractivity contribution in [3.05, 3.63) is 22.8 Å². The van der Waals surface area contributed by atoms with Gasteiger partial charge in [-0.05, 0) is 32.9 Å². The molecule has 0 fully saturated rings. The summed E-state index contributed by atoms with van der Waals surface area (Å²) < 4.78 is 1.79. The number of aromatic nitrogens is 4. The smallest absolute Gasteiger partial charge is 0.252 e. The van der Waals surface area contributed by atoms with Crippen molar-refractivity contribution in [1.82, 2.24) is 19.6 Å². The lowest BCUT2D eigenvalue weighted by atomic mass is 10.2. The van der Waals surface area contributed by atoms with E-state index in [1.54, 1.807) is 4.52 Å². The molecule has 80 valence electrons. The summed E-state index contributed by atoms with van der Waals surface area (Å²) in [5.74, 6) is 1.43. The van der Waals surface area contributed by atoms with Crippen molar-refractivity contribution < 1.29 is 0 Å². The Morgan fingerprint density at radius 1 is 1.20 bits per heavy atom. The van der Waals surface area contributed by atoms with Crippen LogP contribution in [-0.4, -0.2) is 26.1 Å². The van der Waals surface area contributed by atoms with Crippen LogP contribution in [-0.2, 0) is 6.42 Å². The highest BCUT2D eigenvalue weighted by molar-refractivity contribution is 5.35. The number of aryl methyl sites for hydroxylation is 2. The second-order valence-electron chi connectivity index (χ2n) is 3.69. The normalized spacial score (nSPS) is 11.2. The molecule has 0 unspecified atom stereocenters. The third kappa shape index (κ3) is 1.59. The van der Waals surface area contributed by atoms with Crippen LogP contribution in [0.2, 0.25) is 0 Å². The number of nitrogens with zero attached hydrogens (tertiary/aromatic N) is 4. The summed E-state index contributed by atoms with van der Waals surface area (Å²) in [5, 5.41) is 4.37. The molecular formula is C10H15N5. The Morgan fingerprint density at radius 3 is 2.60 bits per heavy atom. The minimum atomic E-state index is 0.563. The first-order valence-corrected chi connectivity index (χ1v) is 5.03. The minimum absolute atomic E-state index is 0.563. The van der Waals surface area contributed by atoms with Gasteiger partial charge in [-0.1, -0.05) is 0 Å². The van der Waals surface area contributed by atoms with Gasteiger partial charge in [0.1, 0.15) is 0 Å². The van der Waals surface area contributed by atoms with Gasteiger partial charge in [0.15, 0.2) is 5.82 Å². The molecular weight excluding hydrogens is 190 g/mol. The number of hydrogen-bond acceptors (Lipinski definition) is 4. The van der Waals surface area contributed by atoms with E-state index in [9.17, 15) is 0 Å². The van der Waals surface area contributed by atoms with Crippen molar-refractivity contribution in [3.8, 4) is 0 Å². The fraction of sp³-hybridized carbons (Fsp3) is 0.500. The fourth-order valence-corrected chi connectivity index (χ4v) is 1.53. The van der Waals surface area contributed by atoms with E-state index in [1.165, 1.54) is 0 Å². The first-order valence-electron chi connectivity index (χ1n) is 5.03. The van der Waals surface area contributed by atoms with Gasteiger partial charge in [-0.2, -0.15) is 4.98 Å². The van der Waals surface area contributed by atoms with E-state index in [0.29, 0.717) is 18.7 Å². The lowest BCUT2D eigenvalue weighted by molar-refractivity contribution is 0.816. The molecule has 2 rings (SSSR count). The van der Waals surface area contributed by atoms with Crippen LogP contribution in [0.4, 0.5) is 0 Å². The van der Waals surface area contributed by atoms with Crippen LogP contribution in [0.5, 0.6) is 0 Å². The lowest BCUT2D eigenvalue weighted by Gasteiger charge is -2.04. The fourth-order valence-electron chi connectivity index (χ4n) is 1.53. The zero-order valence-corrected chi connectivity index (χ0v) is 9.28. The molecule has 0 aliphatic rings. The summed E-state index contributed by atoms with van der Waals surface area (Å²) in [6.07, 6.45) is 0.695. The molecule has 2 heterocycles. The van der Waals surface area contributed by atoms with E-state index < -0.39 is 0 Å². The molecule has 15 heavy (non-hydrogen) atoms. The van der Waals surface area contributed by atoms with Gasteiger partial charge in [0.2, 0.25) is 0 Å². The largest absolute Gasteiger partial charge is 0.330 e. The molecule has 5 nitrogen and oxygen atoms in total. The summed E-state index contributed by atoms with van der Waals surface area (Å²) in [6, 6.07) is 0. The maximum atomic E-state index is 5.47. The summed E-state index contributed by atoms with van der Waals surface area (Å²) in [4.78, 5) is 8.71. The van der Waals surface area contributed by atoms with Crippen molar-refractivity contribution in [1.29, 1.82) is 0 Å². The minimum Gasteiger partial charge on any atom is -0.330 e. The molecule has 0 aliphatic heterocycles. The van der Waals surface area contributed by atoms with Gasteiger partial charge in [0, 0.05) is 17.8 Å². The number of rotatable bonds is 2. The van der Waals surface area contributed by atoms with E-state index in [2.05, 4.69) is 15.1 Å². The van der Waals surface area contributed by atoms with Crippen molar-refractivity contribution in [2.45, 2.75) is 27.2 Å². The van der Waals surface area contributed by atoms with Crippen LogP contribution >= 0.6 is 0 Å². The molecule has 0 saturated carbocycles. The molecule has 0 bridgehead atoms. The Kier molecular flexibility index (Phi) is 2.40. The van der Waals surface area contributed by atoms with E-state index in [0.717, 1.165) is 22.8 Å². The zero-order chi connectivity index (χ0) is 11.0. The van der Waals surface area contributed by atoms with E-state index in [4.69, 9.17) is 5.73 Å². The molecule has 0 aromatic carbocycles. The van der Waals surface area contributed by atoms with E-state index in [1.807, 2.05) is 20.8 Å². The molecule has 0 radical (unpaired) electrons. The predicted octanol–water partition coefficient (Wildman–Crippen LogP) is 0.551. The van der Waals surface area contributed by atoms with Crippen LogP contribution in [0.25, 0.3) is 5.78 Å².